The summed E-state index contributed by atoms with van der Waals surface area (Å²) < 4.78 is 1.49. The van der Waals surface area contributed by atoms with Crippen LogP contribution in [-0.4, -0.2) is 117 Å². The Balaban J connectivity index is 1.01. The summed E-state index contributed by atoms with van der Waals surface area (Å²) in [4.78, 5) is 52.2. The Kier molecular flexibility index (Phi) is 9.42. The number of aromatic nitrogens is 3. The van der Waals surface area contributed by atoms with Crippen LogP contribution in [0.4, 0.5) is 10.5 Å². The lowest BCUT2D eigenvalue weighted by Crippen LogP contribution is -2.57. The van der Waals surface area contributed by atoms with Crippen LogP contribution in [-0.2, 0) is 11.2 Å². The normalized spacial score (nSPS) is 22.7. The SMILES string of the molecule is C#Cc1cc(C[C@@H](NC(=O)N2CCC(n3nc(-c4ccccc4)[nH]c3=O)CC2)C(=O)N2CCC(N3CC4CC3CN4C)CC2)cc(Cl)c1N. The number of hydrogen-bond donors (Lipinski definition) is 3. The molecule has 2 aromatic carbocycles. The molecule has 4 fully saturated rings. The fourth-order valence-corrected chi connectivity index (χ4v) is 8.44. The van der Waals surface area contributed by atoms with Crippen molar-refractivity contribution in [1.82, 2.24) is 39.7 Å². The number of nitrogens with one attached hydrogen (secondary N) is 2. The maximum Gasteiger partial charge on any atom is 0.343 e. The number of urea groups is 1. The number of hydrogen-bond acceptors (Lipinski definition) is 7. The van der Waals surface area contributed by atoms with Gasteiger partial charge in [0.1, 0.15) is 6.04 Å². The molecule has 0 radical (unpaired) electrons. The zero-order valence-corrected chi connectivity index (χ0v) is 28.6. The summed E-state index contributed by atoms with van der Waals surface area (Å²) in [5.41, 5.74) is 8.14. The van der Waals surface area contributed by atoms with Gasteiger partial charge in [0.2, 0.25) is 5.91 Å². The van der Waals surface area contributed by atoms with E-state index in [4.69, 9.17) is 23.8 Å². The first kappa shape index (κ1) is 33.2. The predicted octanol–water partition coefficient (Wildman–Crippen LogP) is 2.79. The van der Waals surface area contributed by atoms with Gasteiger partial charge in [-0.1, -0.05) is 47.9 Å². The molecule has 4 saturated heterocycles. The lowest BCUT2D eigenvalue weighted by atomic mass is 9.98. The van der Waals surface area contributed by atoms with Crippen LogP contribution in [0.2, 0.25) is 5.02 Å². The summed E-state index contributed by atoms with van der Waals surface area (Å²) in [5.74, 6) is 2.98. The average Bonchev–Trinajstić information content (AvgIpc) is 3.83. The Morgan fingerprint density at radius 2 is 1.71 bits per heavy atom. The third-order valence-corrected chi connectivity index (χ3v) is 11.3. The number of halogens is 1. The number of likely N-dealkylation sites (tertiary alicyclic amines) is 4. The minimum Gasteiger partial charge on any atom is -0.397 e. The molecule has 0 spiro atoms. The molecule has 3 amide bonds. The van der Waals surface area contributed by atoms with E-state index in [9.17, 15) is 14.4 Å². The van der Waals surface area contributed by atoms with Crippen LogP contribution in [0, 0.1) is 12.3 Å². The summed E-state index contributed by atoms with van der Waals surface area (Å²) in [6.45, 7) is 4.36. The molecule has 1 aromatic heterocycles. The van der Waals surface area contributed by atoms with Gasteiger partial charge in [0.25, 0.3) is 0 Å². The number of piperidine rings is 2. The molecule has 7 rings (SSSR count). The number of rotatable bonds is 7. The lowest BCUT2D eigenvalue weighted by molar-refractivity contribution is -0.135. The molecule has 0 saturated carbocycles. The second-order valence-electron chi connectivity index (χ2n) is 13.9. The molecule has 258 valence electrons. The van der Waals surface area contributed by atoms with Gasteiger partial charge in [-0.2, -0.15) is 0 Å². The van der Waals surface area contributed by atoms with E-state index in [2.05, 4.69) is 38.2 Å². The fraction of sp³-hybridized carbons (Fsp3) is 0.500. The Hall–Kier alpha value is -4.31. The number of amides is 3. The largest absolute Gasteiger partial charge is 0.397 e. The van der Waals surface area contributed by atoms with Crippen molar-refractivity contribution in [1.29, 1.82) is 0 Å². The zero-order chi connectivity index (χ0) is 34.2. The van der Waals surface area contributed by atoms with Crippen molar-refractivity contribution in [3.05, 3.63) is 69.1 Å². The van der Waals surface area contributed by atoms with Gasteiger partial charge in [-0.05, 0) is 56.8 Å². The van der Waals surface area contributed by atoms with Gasteiger partial charge in [0, 0.05) is 74.9 Å². The number of fused-ring (bicyclic) bond motifs is 2. The summed E-state index contributed by atoms with van der Waals surface area (Å²) in [6, 6.07) is 13.4. The molecular formula is C36H44ClN9O3. The molecule has 49 heavy (non-hydrogen) atoms. The van der Waals surface area contributed by atoms with Crippen LogP contribution < -0.4 is 16.7 Å². The van der Waals surface area contributed by atoms with Gasteiger partial charge in [-0.15, -0.1) is 11.5 Å². The van der Waals surface area contributed by atoms with Gasteiger partial charge >= 0.3 is 11.7 Å². The summed E-state index contributed by atoms with van der Waals surface area (Å²) in [7, 11) is 2.21. The Bertz CT molecular complexity index is 1780. The zero-order valence-electron chi connectivity index (χ0n) is 27.9. The molecule has 4 aliphatic rings. The van der Waals surface area contributed by atoms with Crippen LogP contribution in [0.25, 0.3) is 11.4 Å². The number of terminal acetylenes is 1. The number of benzene rings is 2. The lowest BCUT2D eigenvalue weighted by Gasteiger charge is -2.42. The quantitative estimate of drug-likeness (QED) is 0.257. The van der Waals surface area contributed by atoms with E-state index in [0.29, 0.717) is 79.2 Å². The smallest absolute Gasteiger partial charge is 0.343 e. The first-order valence-corrected chi connectivity index (χ1v) is 17.6. The van der Waals surface area contributed by atoms with Crippen LogP contribution in [0.15, 0.2) is 47.3 Å². The molecule has 5 heterocycles. The van der Waals surface area contributed by atoms with Crippen LogP contribution >= 0.6 is 11.6 Å². The number of anilines is 1. The highest BCUT2D eigenvalue weighted by atomic mass is 35.5. The molecule has 4 N–H and O–H groups in total. The van der Waals surface area contributed by atoms with E-state index in [1.807, 2.05) is 35.2 Å². The monoisotopic (exact) mass is 685 g/mol. The van der Waals surface area contributed by atoms with Crippen molar-refractivity contribution in [2.75, 3.05) is 52.0 Å². The van der Waals surface area contributed by atoms with Crippen LogP contribution in [0.1, 0.15) is 49.3 Å². The molecule has 13 heteroatoms. The number of carbonyl (C=O) groups is 2. The maximum absolute atomic E-state index is 14.1. The summed E-state index contributed by atoms with van der Waals surface area (Å²) in [6.07, 6.45) is 10.1. The Labute approximate surface area is 291 Å². The highest BCUT2D eigenvalue weighted by Crippen LogP contribution is 2.34. The van der Waals surface area contributed by atoms with E-state index in [1.54, 1.807) is 17.0 Å². The minimum absolute atomic E-state index is 0.115. The third kappa shape index (κ3) is 6.80. The van der Waals surface area contributed by atoms with Crippen molar-refractivity contribution in [3.8, 4) is 23.7 Å². The van der Waals surface area contributed by atoms with Crippen molar-refractivity contribution >= 4 is 29.2 Å². The second-order valence-corrected chi connectivity index (χ2v) is 14.3. The summed E-state index contributed by atoms with van der Waals surface area (Å²) in [5, 5.41) is 7.93. The summed E-state index contributed by atoms with van der Waals surface area (Å²) >= 11 is 6.41. The van der Waals surface area contributed by atoms with Gasteiger partial charge in [-0.3, -0.25) is 14.7 Å². The van der Waals surface area contributed by atoms with Gasteiger partial charge in [0.15, 0.2) is 5.82 Å². The van der Waals surface area contributed by atoms with Crippen molar-refractivity contribution < 1.29 is 9.59 Å². The van der Waals surface area contributed by atoms with Gasteiger partial charge in [0.05, 0.1) is 16.8 Å². The number of aromatic amines is 1. The predicted molar refractivity (Wildman–Crippen MR) is 189 cm³/mol. The average molecular weight is 686 g/mol. The number of carbonyl (C=O) groups excluding carboxylic acids is 2. The first-order valence-electron chi connectivity index (χ1n) is 17.3. The van der Waals surface area contributed by atoms with Crippen molar-refractivity contribution in [3.63, 3.8) is 0 Å². The number of nitrogens with two attached hydrogens (primary N) is 1. The van der Waals surface area contributed by atoms with E-state index in [1.165, 1.54) is 11.1 Å². The number of nitrogens with zero attached hydrogens (tertiary/aromatic N) is 6. The van der Waals surface area contributed by atoms with Crippen molar-refractivity contribution in [2.24, 2.45) is 0 Å². The van der Waals surface area contributed by atoms with E-state index >= 15 is 0 Å². The van der Waals surface area contributed by atoms with E-state index < -0.39 is 6.04 Å². The molecule has 2 bridgehead atoms. The Morgan fingerprint density at radius 3 is 2.37 bits per heavy atom. The topological polar surface area (TPSA) is 136 Å². The second kappa shape index (κ2) is 13.9. The number of H-pyrrole nitrogens is 1. The highest BCUT2D eigenvalue weighted by Gasteiger charge is 2.45. The van der Waals surface area contributed by atoms with Gasteiger partial charge < -0.3 is 25.8 Å². The van der Waals surface area contributed by atoms with Gasteiger partial charge in [-0.25, -0.2) is 14.3 Å². The molecule has 4 aliphatic heterocycles. The highest BCUT2D eigenvalue weighted by molar-refractivity contribution is 6.33. The first-order chi connectivity index (χ1) is 23.7. The van der Waals surface area contributed by atoms with Crippen LogP contribution in [0.5, 0.6) is 0 Å². The third-order valence-electron chi connectivity index (χ3n) is 11.0. The maximum atomic E-state index is 14.1. The molecular weight excluding hydrogens is 642 g/mol. The minimum atomic E-state index is -0.814. The molecule has 3 aromatic rings. The number of likely N-dealkylation sites (N-methyl/N-ethyl adjacent to an activating group) is 1. The van der Waals surface area contributed by atoms with E-state index in [-0.39, 0.29) is 30.1 Å². The number of piperazine rings is 1. The fourth-order valence-electron chi connectivity index (χ4n) is 8.19. The standard InChI is InChI=1S/C36H44ClN9O3/c1-3-24-17-23(18-30(37)32(24)38)19-31(34(47)43-13-9-26(10-14-43)45-22-28-20-29(45)21-42(28)2)39-35(48)44-15-11-27(12-16-44)46-36(49)40-33(41-46)25-7-5-4-6-8-25/h1,4-8,17-18,26-29,31H,9-16,19-22,38H2,2H3,(H,39,48)(H,40,41,49)/t28?,29?,31-/m1/s1. The van der Waals surface area contributed by atoms with E-state index in [0.717, 1.165) is 37.1 Å². The Morgan fingerprint density at radius 1 is 1.02 bits per heavy atom. The molecule has 2 unspecified atom stereocenters. The van der Waals surface area contributed by atoms with Crippen molar-refractivity contribution in [2.45, 2.75) is 68.7 Å². The molecule has 12 nitrogen and oxygen atoms in total. The van der Waals surface area contributed by atoms with Crippen LogP contribution in [0.3, 0.4) is 0 Å². The number of nitrogen functional groups attached to an aromatic ring is 1. The molecule has 0 aliphatic carbocycles. The molecule has 3 atom stereocenters.